The molecule has 2 aliphatic rings. The van der Waals surface area contributed by atoms with Crippen LogP contribution in [0.1, 0.15) is 66.2 Å². The Hall–Kier alpha value is -3.22. The first-order valence-corrected chi connectivity index (χ1v) is 11.3. The standard InChI is InChI=1S/C25H28N2O5/c1-16-10-12-18(13-11-16)26-21(28)15-32-22(29)9-4-14-27-24(30)19-7-2-5-17-6-3-8-20(23(17)19)25(27)31/h2-3,5-8,16,18H,4,9-15H2,1H3,(H,26,28). The average Bonchev–Trinajstić information content (AvgIpc) is 2.79. The van der Waals surface area contributed by atoms with E-state index in [1.807, 2.05) is 12.1 Å². The second-order valence-corrected chi connectivity index (χ2v) is 8.76. The Bertz CT molecular complexity index is 1000. The zero-order chi connectivity index (χ0) is 22.7. The van der Waals surface area contributed by atoms with Crippen LogP contribution in [0.3, 0.4) is 0 Å². The largest absolute Gasteiger partial charge is 0.456 e. The summed E-state index contributed by atoms with van der Waals surface area (Å²) in [4.78, 5) is 51.0. The topological polar surface area (TPSA) is 92.8 Å². The molecule has 2 aromatic carbocycles. The summed E-state index contributed by atoms with van der Waals surface area (Å²) in [5.41, 5.74) is 0.989. The van der Waals surface area contributed by atoms with Crippen molar-refractivity contribution in [2.45, 2.75) is 51.5 Å². The smallest absolute Gasteiger partial charge is 0.306 e. The van der Waals surface area contributed by atoms with Crippen LogP contribution >= 0.6 is 0 Å². The number of imide groups is 1. The molecule has 3 amide bonds. The molecule has 7 heteroatoms. The Morgan fingerprint density at radius 1 is 1.00 bits per heavy atom. The van der Waals surface area contributed by atoms with Gasteiger partial charge in [0.1, 0.15) is 0 Å². The molecule has 0 aromatic heterocycles. The number of carbonyl (C=O) groups excluding carboxylic acids is 4. The Labute approximate surface area is 187 Å². The van der Waals surface area contributed by atoms with Crippen molar-refractivity contribution in [3.8, 4) is 0 Å². The van der Waals surface area contributed by atoms with Gasteiger partial charge in [0, 0.05) is 35.5 Å². The first-order chi connectivity index (χ1) is 15.4. The van der Waals surface area contributed by atoms with Crippen LogP contribution in [-0.2, 0) is 14.3 Å². The quantitative estimate of drug-likeness (QED) is 0.530. The highest BCUT2D eigenvalue weighted by Crippen LogP contribution is 2.30. The molecule has 1 heterocycles. The summed E-state index contributed by atoms with van der Waals surface area (Å²) in [6, 6.07) is 10.9. The fourth-order valence-electron chi connectivity index (χ4n) is 4.56. The number of esters is 1. The van der Waals surface area contributed by atoms with Gasteiger partial charge in [0.15, 0.2) is 6.61 Å². The van der Waals surface area contributed by atoms with E-state index in [1.54, 1.807) is 24.3 Å². The lowest BCUT2D eigenvalue weighted by atomic mass is 9.87. The van der Waals surface area contributed by atoms with Gasteiger partial charge in [-0.1, -0.05) is 31.2 Å². The number of ether oxygens (including phenoxy) is 1. The minimum absolute atomic E-state index is 0.0249. The first-order valence-electron chi connectivity index (χ1n) is 11.3. The van der Waals surface area contributed by atoms with Gasteiger partial charge in [-0.25, -0.2) is 0 Å². The fraction of sp³-hybridized carbons (Fsp3) is 0.440. The van der Waals surface area contributed by atoms with Gasteiger partial charge in [-0.2, -0.15) is 0 Å². The zero-order valence-electron chi connectivity index (χ0n) is 18.3. The number of hydrogen-bond acceptors (Lipinski definition) is 5. The van der Waals surface area contributed by atoms with Crippen LogP contribution in [0.15, 0.2) is 36.4 Å². The van der Waals surface area contributed by atoms with Gasteiger partial charge < -0.3 is 10.1 Å². The van der Waals surface area contributed by atoms with Crippen molar-refractivity contribution in [3.63, 3.8) is 0 Å². The van der Waals surface area contributed by atoms with Crippen LogP contribution in [0, 0.1) is 5.92 Å². The third kappa shape index (κ3) is 4.66. The Balaban J connectivity index is 1.25. The zero-order valence-corrected chi connectivity index (χ0v) is 18.3. The lowest BCUT2D eigenvalue weighted by molar-refractivity contribution is -0.148. The van der Waals surface area contributed by atoms with Crippen LogP contribution in [0.2, 0.25) is 0 Å². The molecule has 0 saturated heterocycles. The van der Waals surface area contributed by atoms with E-state index in [0.29, 0.717) is 22.4 Å². The van der Waals surface area contributed by atoms with Crippen molar-refractivity contribution in [1.82, 2.24) is 10.2 Å². The molecular formula is C25H28N2O5. The summed E-state index contributed by atoms with van der Waals surface area (Å²) in [6.45, 7) is 2.02. The molecule has 0 unspecified atom stereocenters. The maximum atomic E-state index is 12.8. The van der Waals surface area contributed by atoms with Crippen LogP contribution in [0.25, 0.3) is 10.8 Å². The molecule has 1 aliphatic heterocycles. The maximum Gasteiger partial charge on any atom is 0.306 e. The van der Waals surface area contributed by atoms with E-state index in [1.165, 1.54) is 4.90 Å². The summed E-state index contributed by atoms with van der Waals surface area (Å²) < 4.78 is 5.07. The van der Waals surface area contributed by atoms with Gasteiger partial charge in [-0.05, 0) is 55.5 Å². The minimum Gasteiger partial charge on any atom is -0.456 e. The number of nitrogens with one attached hydrogen (secondary N) is 1. The fourth-order valence-corrected chi connectivity index (χ4v) is 4.56. The second-order valence-electron chi connectivity index (χ2n) is 8.76. The van der Waals surface area contributed by atoms with Crippen molar-refractivity contribution in [3.05, 3.63) is 47.5 Å². The van der Waals surface area contributed by atoms with Crippen molar-refractivity contribution in [1.29, 1.82) is 0 Å². The van der Waals surface area contributed by atoms with Crippen LogP contribution in [0.5, 0.6) is 0 Å². The minimum atomic E-state index is -0.517. The molecule has 32 heavy (non-hydrogen) atoms. The number of nitrogens with zero attached hydrogens (tertiary/aromatic N) is 1. The van der Waals surface area contributed by atoms with E-state index in [2.05, 4.69) is 12.2 Å². The number of carbonyl (C=O) groups is 4. The van der Waals surface area contributed by atoms with Crippen molar-refractivity contribution < 1.29 is 23.9 Å². The molecule has 4 rings (SSSR count). The predicted molar refractivity (Wildman–Crippen MR) is 119 cm³/mol. The van der Waals surface area contributed by atoms with Crippen LogP contribution in [0.4, 0.5) is 0 Å². The van der Waals surface area contributed by atoms with E-state index in [-0.39, 0.29) is 49.8 Å². The van der Waals surface area contributed by atoms with Crippen LogP contribution < -0.4 is 5.32 Å². The van der Waals surface area contributed by atoms with Crippen LogP contribution in [-0.4, -0.2) is 47.8 Å². The van der Waals surface area contributed by atoms with Gasteiger partial charge in [-0.15, -0.1) is 0 Å². The molecule has 0 atom stereocenters. The molecule has 0 radical (unpaired) electrons. The maximum absolute atomic E-state index is 12.8. The summed E-state index contributed by atoms with van der Waals surface area (Å²) in [5, 5.41) is 4.45. The van der Waals surface area contributed by atoms with Gasteiger partial charge in [-0.3, -0.25) is 24.1 Å². The highest BCUT2D eigenvalue weighted by Gasteiger charge is 2.32. The van der Waals surface area contributed by atoms with Crippen molar-refractivity contribution in [2.75, 3.05) is 13.2 Å². The van der Waals surface area contributed by atoms with Crippen molar-refractivity contribution in [2.24, 2.45) is 5.92 Å². The molecule has 0 spiro atoms. The molecule has 0 bridgehead atoms. The van der Waals surface area contributed by atoms with E-state index < -0.39 is 5.97 Å². The lowest BCUT2D eigenvalue weighted by Crippen LogP contribution is -2.41. The Morgan fingerprint density at radius 3 is 2.25 bits per heavy atom. The SMILES string of the molecule is CC1CCC(NC(=O)COC(=O)CCCN2C(=O)c3cccc4cccc(c34)C2=O)CC1. The van der Waals surface area contributed by atoms with Gasteiger partial charge >= 0.3 is 5.97 Å². The summed E-state index contributed by atoms with van der Waals surface area (Å²) in [7, 11) is 0. The third-order valence-electron chi connectivity index (χ3n) is 6.36. The van der Waals surface area contributed by atoms with Crippen molar-refractivity contribution >= 4 is 34.5 Å². The normalized spacial score (nSPS) is 20.3. The number of amides is 3. The van der Waals surface area contributed by atoms with E-state index in [9.17, 15) is 19.2 Å². The Kier molecular flexibility index (Phi) is 6.53. The molecule has 2 aromatic rings. The number of rotatable bonds is 7. The molecule has 1 aliphatic carbocycles. The summed E-state index contributed by atoms with van der Waals surface area (Å²) in [6.07, 6.45) is 4.40. The van der Waals surface area contributed by atoms with E-state index >= 15 is 0 Å². The molecule has 7 nitrogen and oxygen atoms in total. The van der Waals surface area contributed by atoms with E-state index in [0.717, 1.165) is 31.1 Å². The average molecular weight is 437 g/mol. The predicted octanol–water partition coefficient (Wildman–Crippen LogP) is 3.45. The molecule has 1 N–H and O–H groups in total. The van der Waals surface area contributed by atoms with Gasteiger partial charge in [0.25, 0.3) is 17.7 Å². The number of hydrogen-bond donors (Lipinski definition) is 1. The molecule has 168 valence electrons. The summed E-state index contributed by atoms with van der Waals surface area (Å²) in [5.74, 6) is -0.815. The molecule has 1 saturated carbocycles. The summed E-state index contributed by atoms with van der Waals surface area (Å²) >= 11 is 0. The van der Waals surface area contributed by atoms with Gasteiger partial charge in [0.2, 0.25) is 0 Å². The molecular weight excluding hydrogens is 408 g/mol. The monoisotopic (exact) mass is 436 g/mol. The lowest BCUT2D eigenvalue weighted by Gasteiger charge is -2.27. The first kappa shape index (κ1) is 22.0. The van der Waals surface area contributed by atoms with Gasteiger partial charge in [0.05, 0.1) is 0 Å². The number of benzene rings is 2. The molecule has 1 fully saturated rings. The Morgan fingerprint density at radius 2 is 1.62 bits per heavy atom. The third-order valence-corrected chi connectivity index (χ3v) is 6.36. The van der Waals surface area contributed by atoms with E-state index in [4.69, 9.17) is 4.74 Å². The highest BCUT2D eigenvalue weighted by atomic mass is 16.5. The highest BCUT2D eigenvalue weighted by molar-refractivity contribution is 6.25. The second kappa shape index (κ2) is 9.51.